The minimum absolute atomic E-state index is 0.168. The fraction of sp³-hybridized carbons (Fsp3) is 0.222. The van der Waals surface area contributed by atoms with Crippen LogP contribution in [-0.2, 0) is 6.42 Å². The number of halogens is 1. The van der Waals surface area contributed by atoms with Crippen LogP contribution in [0.1, 0.15) is 35.7 Å². The molecule has 7 nitrogen and oxygen atoms in total. The normalized spacial score (nSPS) is 10.9. The molecule has 2 aromatic rings. The van der Waals surface area contributed by atoms with E-state index < -0.39 is 5.91 Å². The van der Waals surface area contributed by atoms with Crippen LogP contribution < -0.4 is 16.4 Å². The van der Waals surface area contributed by atoms with Crippen molar-refractivity contribution in [3.63, 3.8) is 0 Å². The smallest absolute Gasteiger partial charge is 0.249 e. The second-order valence-electron chi connectivity index (χ2n) is 5.47. The standard InChI is InChI=1S/C18H19ClN6O/c1-2-3-6-13-14(17(21)26)7-8-15(19)16(13)25-18(23-11-20)24-12-5-4-9-22-10-12/h4-5,7-10H,2-3,6H2,1H3,(H2,21,26)(H2,23,24,25). The van der Waals surface area contributed by atoms with Crippen molar-refractivity contribution in [3.8, 4) is 6.19 Å². The first kappa shape index (κ1) is 19.2. The molecule has 1 heterocycles. The third kappa shape index (κ3) is 4.94. The maximum Gasteiger partial charge on any atom is 0.249 e. The first-order valence-corrected chi connectivity index (χ1v) is 8.46. The van der Waals surface area contributed by atoms with Crippen molar-refractivity contribution in [1.29, 1.82) is 5.26 Å². The molecule has 26 heavy (non-hydrogen) atoms. The van der Waals surface area contributed by atoms with Gasteiger partial charge in [0.1, 0.15) is 0 Å². The Kier molecular flexibility index (Phi) is 6.94. The molecule has 1 aromatic carbocycles. The van der Waals surface area contributed by atoms with Gasteiger partial charge in [0.2, 0.25) is 18.1 Å². The van der Waals surface area contributed by atoms with Gasteiger partial charge in [0.05, 0.1) is 22.6 Å². The number of benzene rings is 1. The van der Waals surface area contributed by atoms with Crippen molar-refractivity contribution >= 4 is 34.8 Å². The highest BCUT2D eigenvalue weighted by molar-refractivity contribution is 6.34. The number of anilines is 2. The summed E-state index contributed by atoms with van der Waals surface area (Å²) in [4.78, 5) is 19.5. The van der Waals surface area contributed by atoms with Gasteiger partial charge in [-0.15, -0.1) is 4.99 Å². The molecule has 0 aliphatic rings. The van der Waals surface area contributed by atoms with Crippen LogP contribution in [0.2, 0.25) is 5.02 Å². The Hall–Kier alpha value is -3.11. The average Bonchev–Trinajstić information content (AvgIpc) is 2.63. The third-order valence-electron chi connectivity index (χ3n) is 3.64. The van der Waals surface area contributed by atoms with Gasteiger partial charge in [-0.3, -0.25) is 9.78 Å². The molecule has 0 saturated heterocycles. The number of hydrogen-bond acceptors (Lipinski definition) is 4. The molecule has 2 rings (SSSR count). The van der Waals surface area contributed by atoms with Crippen LogP contribution in [0.15, 0.2) is 41.7 Å². The monoisotopic (exact) mass is 370 g/mol. The molecule has 1 aromatic heterocycles. The predicted octanol–water partition coefficient (Wildman–Crippen LogP) is 3.54. The molecule has 0 saturated carbocycles. The van der Waals surface area contributed by atoms with Crippen molar-refractivity contribution in [1.82, 2.24) is 4.98 Å². The molecule has 0 atom stereocenters. The number of aromatic nitrogens is 1. The molecule has 0 spiro atoms. The molecule has 4 N–H and O–H groups in total. The van der Waals surface area contributed by atoms with E-state index in [9.17, 15) is 4.79 Å². The average molecular weight is 371 g/mol. The summed E-state index contributed by atoms with van der Waals surface area (Å²) in [5.41, 5.74) is 7.74. The zero-order valence-corrected chi connectivity index (χ0v) is 15.0. The van der Waals surface area contributed by atoms with E-state index in [0.29, 0.717) is 33.9 Å². The number of nitrogens with two attached hydrogens (primary N) is 1. The first-order chi connectivity index (χ1) is 12.6. The van der Waals surface area contributed by atoms with Gasteiger partial charge in [0.15, 0.2) is 0 Å². The van der Waals surface area contributed by atoms with Crippen molar-refractivity contribution in [2.75, 3.05) is 10.6 Å². The molecule has 0 radical (unpaired) electrons. The van der Waals surface area contributed by atoms with E-state index in [4.69, 9.17) is 22.6 Å². The summed E-state index contributed by atoms with van der Waals surface area (Å²) in [6.45, 7) is 2.05. The van der Waals surface area contributed by atoms with Crippen LogP contribution in [0.3, 0.4) is 0 Å². The van der Waals surface area contributed by atoms with Gasteiger partial charge in [0, 0.05) is 11.8 Å². The highest BCUT2D eigenvalue weighted by Crippen LogP contribution is 2.30. The van der Waals surface area contributed by atoms with Crippen LogP contribution in [0.4, 0.5) is 11.4 Å². The van der Waals surface area contributed by atoms with E-state index in [-0.39, 0.29) is 5.96 Å². The minimum atomic E-state index is -0.533. The number of hydrogen-bond donors (Lipinski definition) is 3. The number of nitrogens with one attached hydrogen (secondary N) is 2. The molecule has 0 fully saturated rings. The van der Waals surface area contributed by atoms with Gasteiger partial charge in [0.25, 0.3) is 0 Å². The van der Waals surface area contributed by atoms with E-state index in [1.165, 1.54) is 0 Å². The fourth-order valence-corrected chi connectivity index (χ4v) is 2.65. The molecule has 0 unspecified atom stereocenters. The van der Waals surface area contributed by atoms with Gasteiger partial charge in [-0.25, -0.2) is 0 Å². The largest absolute Gasteiger partial charge is 0.366 e. The summed E-state index contributed by atoms with van der Waals surface area (Å²) in [5, 5.41) is 15.4. The van der Waals surface area contributed by atoms with Crippen LogP contribution >= 0.6 is 11.6 Å². The summed E-state index contributed by atoms with van der Waals surface area (Å²) >= 11 is 6.34. The number of carbonyl (C=O) groups is 1. The SMILES string of the molecule is CCCCc1c(C(N)=O)ccc(Cl)c1NC(=NC#N)Nc1cccnc1. The van der Waals surface area contributed by atoms with Crippen molar-refractivity contribution < 1.29 is 4.79 Å². The Morgan fingerprint density at radius 1 is 1.38 bits per heavy atom. The number of aliphatic imine (C=N–C) groups is 1. The molecule has 0 aliphatic carbocycles. The molecular weight excluding hydrogens is 352 g/mol. The lowest BCUT2D eigenvalue weighted by molar-refractivity contribution is 0.0999. The predicted molar refractivity (Wildman–Crippen MR) is 103 cm³/mol. The Morgan fingerprint density at radius 3 is 2.81 bits per heavy atom. The highest BCUT2D eigenvalue weighted by atomic mass is 35.5. The zero-order valence-electron chi connectivity index (χ0n) is 14.3. The van der Waals surface area contributed by atoms with Gasteiger partial charge in [-0.1, -0.05) is 24.9 Å². The van der Waals surface area contributed by atoms with E-state index in [1.807, 2.05) is 6.92 Å². The van der Waals surface area contributed by atoms with E-state index in [2.05, 4.69) is 20.6 Å². The molecule has 8 heteroatoms. The number of rotatable bonds is 6. The number of guanidine groups is 1. The van der Waals surface area contributed by atoms with E-state index in [0.717, 1.165) is 12.8 Å². The van der Waals surface area contributed by atoms with Gasteiger partial charge < -0.3 is 16.4 Å². The number of nitriles is 1. The molecule has 134 valence electrons. The van der Waals surface area contributed by atoms with Gasteiger partial charge in [-0.2, -0.15) is 5.26 Å². The summed E-state index contributed by atoms with van der Waals surface area (Å²) in [7, 11) is 0. The van der Waals surface area contributed by atoms with Gasteiger partial charge >= 0.3 is 0 Å². The number of nitrogens with zero attached hydrogens (tertiary/aromatic N) is 3. The van der Waals surface area contributed by atoms with Crippen molar-refractivity contribution in [3.05, 3.63) is 52.8 Å². The number of unbranched alkanes of at least 4 members (excludes halogenated alkanes) is 1. The zero-order chi connectivity index (χ0) is 18.9. The van der Waals surface area contributed by atoms with Gasteiger partial charge in [-0.05, 0) is 42.7 Å². The topological polar surface area (TPSA) is 116 Å². The van der Waals surface area contributed by atoms with E-state index in [1.54, 1.807) is 42.9 Å². The first-order valence-electron chi connectivity index (χ1n) is 8.08. The fourth-order valence-electron chi connectivity index (χ4n) is 2.43. The lowest BCUT2D eigenvalue weighted by Gasteiger charge is -2.18. The summed E-state index contributed by atoms with van der Waals surface area (Å²) < 4.78 is 0. The lowest BCUT2D eigenvalue weighted by Crippen LogP contribution is -2.24. The Labute approximate surface area is 156 Å². The summed E-state index contributed by atoms with van der Waals surface area (Å²) in [6.07, 6.45) is 7.38. The number of pyridine rings is 1. The maximum absolute atomic E-state index is 11.8. The molecule has 0 aliphatic heterocycles. The number of carbonyl (C=O) groups excluding carboxylic acids is 1. The van der Waals surface area contributed by atoms with Crippen molar-refractivity contribution in [2.45, 2.75) is 26.2 Å². The van der Waals surface area contributed by atoms with Crippen LogP contribution in [0.5, 0.6) is 0 Å². The van der Waals surface area contributed by atoms with Crippen LogP contribution in [-0.4, -0.2) is 16.9 Å². The highest BCUT2D eigenvalue weighted by Gasteiger charge is 2.17. The minimum Gasteiger partial charge on any atom is -0.366 e. The second-order valence-corrected chi connectivity index (χ2v) is 5.88. The Morgan fingerprint density at radius 2 is 2.19 bits per heavy atom. The van der Waals surface area contributed by atoms with E-state index >= 15 is 0 Å². The third-order valence-corrected chi connectivity index (χ3v) is 3.95. The van der Waals surface area contributed by atoms with Crippen LogP contribution in [0.25, 0.3) is 0 Å². The Bertz CT molecular complexity index is 845. The Balaban J connectivity index is 2.41. The second kappa shape index (κ2) is 9.39. The molecule has 0 bridgehead atoms. The number of amides is 1. The summed E-state index contributed by atoms with van der Waals surface area (Å²) in [5.74, 6) is -0.364. The van der Waals surface area contributed by atoms with Crippen molar-refractivity contribution in [2.24, 2.45) is 10.7 Å². The van der Waals surface area contributed by atoms with Crippen LogP contribution in [0, 0.1) is 11.5 Å². The lowest BCUT2D eigenvalue weighted by atomic mass is 9.99. The molecular formula is C18H19ClN6O. The summed E-state index contributed by atoms with van der Waals surface area (Å²) in [6, 6.07) is 6.73. The number of primary amides is 1. The maximum atomic E-state index is 11.8. The quantitative estimate of drug-likeness (QED) is 0.408. The molecule has 1 amide bonds.